The molecule has 1 aromatic rings. The minimum Gasteiger partial charge on any atom is -0.494 e. The summed E-state index contributed by atoms with van der Waals surface area (Å²) in [5.74, 6) is -0.0701. The number of hydrogen-bond acceptors (Lipinski definition) is 2. The highest BCUT2D eigenvalue weighted by Crippen LogP contribution is 2.25. The number of halogens is 1. The summed E-state index contributed by atoms with van der Waals surface area (Å²) in [5, 5.41) is 3.34. The molecule has 0 bridgehead atoms. The van der Waals surface area contributed by atoms with Crippen molar-refractivity contribution < 1.29 is 9.13 Å². The molecule has 94 valence electrons. The van der Waals surface area contributed by atoms with E-state index in [1.165, 1.54) is 13.2 Å². The van der Waals surface area contributed by atoms with Crippen LogP contribution in [0.15, 0.2) is 30.4 Å². The normalized spacial score (nSPS) is 12.2. The van der Waals surface area contributed by atoms with Crippen molar-refractivity contribution in [3.63, 3.8) is 0 Å². The number of rotatable bonds is 6. The summed E-state index contributed by atoms with van der Waals surface area (Å²) in [6, 6.07) is 5.01. The van der Waals surface area contributed by atoms with E-state index in [4.69, 9.17) is 4.74 Å². The first-order chi connectivity index (χ1) is 8.10. The molecule has 3 heteroatoms. The van der Waals surface area contributed by atoms with Crippen LogP contribution < -0.4 is 10.1 Å². The fourth-order valence-corrected chi connectivity index (χ4v) is 1.73. The van der Waals surface area contributed by atoms with E-state index in [1.54, 1.807) is 6.07 Å². The Kier molecular flexibility index (Phi) is 5.16. The van der Waals surface area contributed by atoms with Crippen molar-refractivity contribution in [2.75, 3.05) is 13.7 Å². The highest BCUT2D eigenvalue weighted by molar-refractivity contribution is 5.34. The molecule has 1 aromatic carbocycles. The molecule has 0 saturated heterocycles. The van der Waals surface area contributed by atoms with Crippen LogP contribution in [0.3, 0.4) is 0 Å². The van der Waals surface area contributed by atoms with Gasteiger partial charge >= 0.3 is 0 Å². The Labute approximate surface area is 102 Å². The minimum absolute atomic E-state index is 0.00430. The lowest BCUT2D eigenvalue weighted by Crippen LogP contribution is -2.22. The maximum Gasteiger partial charge on any atom is 0.165 e. The molecule has 2 nitrogen and oxygen atoms in total. The Morgan fingerprint density at radius 1 is 1.53 bits per heavy atom. The van der Waals surface area contributed by atoms with Gasteiger partial charge in [-0.1, -0.05) is 25.1 Å². The molecule has 0 radical (unpaired) electrons. The zero-order chi connectivity index (χ0) is 12.8. The van der Waals surface area contributed by atoms with Crippen LogP contribution in [0, 0.1) is 5.82 Å². The lowest BCUT2D eigenvalue weighted by atomic mass is 10.0. The molecule has 17 heavy (non-hydrogen) atoms. The number of benzene rings is 1. The van der Waals surface area contributed by atoms with Crippen molar-refractivity contribution >= 4 is 0 Å². The van der Waals surface area contributed by atoms with Gasteiger partial charge in [0.2, 0.25) is 0 Å². The fourth-order valence-electron chi connectivity index (χ4n) is 1.73. The van der Waals surface area contributed by atoms with Crippen molar-refractivity contribution in [2.24, 2.45) is 0 Å². The second kappa shape index (κ2) is 6.40. The summed E-state index contributed by atoms with van der Waals surface area (Å²) in [5.41, 5.74) is 1.85. The zero-order valence-electron chi connectivity index (χ0n) is 10.7. The number of nitrogens with one attached hydrogen (secondary N) is 1. The van der Waals surface area contributed by atoms with Gasteiger partial charge in [-0.2, -0.15) is 0 Å². The summed E-state index contributed by atoms with van der Waals surface area (Å²) in [4.78, 5) is 0. The Balaban J connectivity index is 2.94. The summed E-state index contributed by atoms with van der Waals surface area (Å²) < 4.78 is 18.5. The lowest BCUT2D eigenvalue weighted by molar-refractivity contribution is 0.385. The molecule has 0 spiro atoms. The molecular formula is C14H20FNO. The molecule has 1 atom stereocenters. The number of hydrogen-bond donors (Lipinski definition) is 1. The van der Waals surface area contributed by atoms with E-state index in [1.807, 2.05) is 13.0 Å². The van der Waals surface area contributed by atoms with Gasteiger partial charge in [-0.15, -0.1) is 0 Å². The lowest BCUT2D eigenvalue weighted by Gasteiger charge is -2.19. The fraction of sp³-hybridized carbons (Fsp3) is 0.429. The summed E-state index contributed by atoms with van der Waals surface area (Å²) in [7, 11) is 1.46. The van der Waals surface area contributed by atoms with Crippen LogP contribution in [0.4, 0.5) is 4.39 Å². The van der Waals surface area contributed by atoms with E-state index in [0.717, 1.165) is 24.1 Å². The first-order valence-corrected chi connectivity index (χ1v) is 5.82. The van der Waals surface area contributed by atoms with Crippen molar-refractivity contribution in [3.05, 3.63) is 41.7 Å². The maximum atomic E-state index is 13.6. The van der Waals surface area contributed by atoms with Crippen LogP contribution in [0.2, 0.25) is 0 Å². The number of methoxy groups -OCH3 is 1. The molecule has 0 heterocycles. The highest BCUT2D eigenvalue weighted by atomic mass is 19.1. The molecule has 0 aromatic heterocycles. The van der Waals surface area contributed by atoms with Crippen molar-refractivity contribution in [3.8, 4) is 5.75 Å². The van der Waals surface area contributed by atoms with Gasteiger partial charge in [0, 0.05) is 0 Å². The van der Waals surface area contributed by atoms with Crippen molar-refractivity contribution in [1.29, 1.82) is 0 Å². The van der Waals surface area contributed by atoms with Gasteiger partial charge in [0.05, 0.1) is 13.2 Å². The van der Waals surface area contributed by atoms with Gasteiger partial charge in [-0.25, -0.2) is 4.39 Å². The van der Waals surface area contributed by atoms with Gasteiger partial charge < -0.3 is 10.1 Å². The quantitative estimate of drug-likeness (QED) is 0.765. The monoisotopic (exact) mass is 237 g/mol. The Hall–Kier alpha value is -1.35. The van der Waals surface area contributed by atoms with Crippen LogP contribution in [0.5, 0.6) is 5.75 Å². The smallest absolute Gasteiger partial charge is 0.165 e. The van der Waals surface area contributed by atoms with E-state index < -0.39 is 0 Å². The van der Waals surface area contributed by atoms with Gasteiger partial charge in [0.1, 0.15) is 0 Å². The van der Waals surface area contributed by atoms with Crippen LogP contribution >= 0.6 is 0 Å². The molecule has 0 aliphatic heterocycles. The molecular weight excluding hydrogens is 217 g/mol. The SMILES string of the molecule is C=C(C)C(NCCC)c1ccc(OC)c(F)c1. The summed E-state index contributed by atoms with van der Waals surface area (Å²) in [6.45, 7) is 8.86. The highest BCUT2D eigenvalue weighted by Gasteiger charge is 2.13. The van der Waals surface area contributed by atoms with E-state index in [9.17, 15) is 4.39 Å². The van der Waals surface area contributed by atoms with E-state index in [2.05, 4.69) is 18.8 Å². The average Bonchev–Trinajstić information content (AvgIpc) is 2.29. The van der Waals surface area contributed by atoms with Crippen molar-refractivity contribution in [1.82, 2.24) is 5.32 Å². The Morgan fingerprint density at radius 3 is 2.71 bits per heavy atom. The van der Waals surface area contributed by atoms with E-state index >= 15 is 0 Å². The molecule has 1 rings (SSSR count). The zero-order valence-corrected chi connectivity index (χ0v) is 10.7. The summed E-state index contributed by atoms with van der Waals surface area (Å²) >= 11 is 0. The van der Waals surface area contributed by atoms with E-state index in [-0.39, 0.29) is 17.6 Å². The van der Waals surface area contributed by atoms with Gasteiger partial charge in [-0.05, 0) is 37.6 Å². The molecule has 0 aliphatic rings. The summed E-state index contributed by atoms with van der Waals surface area (Å²) in [6.07, 6.45) is 1.03. The Bertz CT molecular complexity index is 390. The minimum atomic E-state index is -0.338. The molecule has 0 aliphatic carbocycles. The Morgan fingerprint density at radius 2 is 2.24 bits per heavy atom. The van der Waals surface area contributed by atoms with Gasteiger partial charge in [0.15, 0.2) is 11.6 Å². The van der Waals surface area contributed by atoms with Crippen LogP contribution in [-0.4, -0.2) is 13.7 Å². The third-order valence-electron chi connectivity index (χ3n) is 2.60. The molecule has 0 saturated carbocycles. The van der Waals surface area contributed by atoms with Crippen LogP contribution in [0.1, 0.15) is 31.9 Å². The third kappa shape index (κ3) is 3.56. The maximum absolute atomic E-state index is 13.6. The van der Waals surface area contributed by atoms with Crippen molar-refractivity contribution in [2.45, 2.75) is 26.3 Å². The van der Waals surface area contributed by atoms with Crippen LogP contribution in [-0.2, 0) is 0 Å². The predicted molar refractivity (Wildman–Crippen MR) is 68.8 cm³/mol. The largest absolute Gasteiger partial charge is 0.494 e. The van der Waals surface area contributed by atoms with E-state index in [0.29, 0.717) is 0 Å². The van der Waals surface area contributed by atoms with Crippen LogP contribution in [0.25, 0.3) is 0 Å². The number of ether oxygens (including phenoxy) is 1. The molecule has 1 unspecified atom stereocenters. The second-order valence-electron chi connectivity index (χ2n) is 4.13. The second-order valence-corrected chi connectivity index (χ2v) is 4.13. The van der Waals surface area contributed by atoms with Gasteiger partial charge in [0.25, 0.3) is 0 Å². The standard InChI is InChI=1S/C14H20FNO/c1-5-8-16-14(10(2)3)11-6-7-13(17-4)12(15)9-11/h6-7,9,14,16H,2,5,8H2,1,3-4H3. The third-order valence-corrected chi connectivity index (χ3v) is 2.60. The van der Waals surface area contributed by atoms with Gasteiger partial charge in [-0.3, -0.25) is 0 Å². The average molecular weight is 237 g/mol. The topological polar surface area (TPSA) is 21.3 Å². The predicted octanol–water partition coefficient (Wildman–Crippen LogP) is 3.45. The molecule has 1 N–H and O–H groups in total. The first-order valence-electron chi connectivity index (χ1n) is 5.82. The first kappa shape index (κ1) is 13.7. The molecule has 0 fully saturated rings. The molecule has 0 amide bonds.